The van der Waals surface area contributed by atoms with Crippen molar-refractivity contribution in [2.24, 2.45) is 0 Å². The molecule has 142 valence electrons. The second kappa shape index (κ2) is 8.17. The number of aromatic amines is 1. The topological polar surface area (TPSA) is 62.7 Å². The number of benzene rings is 1. The SMILES string of the molecule is O=C(Cn1c(-c2cccs2)n[nH]c1=S)NC(c1ccc(F)cc1)c1cccs1. The number of aromatic nitrogens is 3. The summed E-state index contributed by atoms with van der Waals surface area (Å²) >= 11 is 8.35. The van der Waals surface area contributed by atoms with Crippen LogP contribution in [0, 0.1) is 10.6 Å². The first-order valence-electron chi connectivity index (χ1n) is 8.39. The second-order valence-corrected chi connectivity index (χ2v) is 8.30. The molecule has 0 aliphatic rings. The molecule has 0 aliphatic heterocycles. The van der Waals surface area contributed by atoms with Gasteiger partial charge in [-0.2, -0.15) is 5.10 Å². The molecule has 0 radical (unpaired) electrons. The van der Waals surface area contributed by atoms with Gasteiger partial charge in [0.1, 0.15) is 12.4 Å². The van der Waals surface area contributed by atoms with E-state index in [2.05, 4.69) is 15.5 Å². The standard InChI is InChI=1S/C19H15FN4OS3/c20-13-7-5-12(6-8-13)17(14-3-1-9-27-14)21-16(25)11-24-18(22-23-19(24)26)15-4-2-10-28-15/h1-10,17H,11H2,(H,21,25)(H,23,26). The lowest BCUT2D eigenvalue weighted by Gasteiger charge is -2.18. The molecule has 0 spiro atoms. The van der Waals surface area contributed by atoms with E-state index in [1.165, 1.54) is 34.8 Å². The van der Waals surface area contributed by atoms with Crippen molar-refractivity contribution in [3.8, 4) is 10.7 Å². The van der Waals surface area contributed by atoms with E-state index in [0.717, 1.165) is 15.3 Å². The Bertz CT molecular complexity index is 1120. The number of hydrogen-bond acceptors (Lipinski definition) is 5. The molecule has 0 bridgehead atoms. The molecule has 5 nitrogen and oxygen atoms in total. The van der Waals surface area contributed by atoms with Crippen LogP contribution in [0.3, 0.4) is 0 Å². The maximum absolute atomic E-state index is 13.3. The van der Waals surface area contributed by atoms with Gasteiger partial charge in [0.15, 0.2) is 10.6 Å². The highest BCUT2D eigenvalue weighted by atomic mass is 32.1. The highest BCUT2D eigenvalue weighted by molar-refractivity contribution is 7.71. The molecule has 1 aromatic carbocycles. The summed E-state index contributed by atoms with van der Waals surface area (Å²) < 4.78 is 15.4. The van der Waals surface area contributed by atoms with Crippen molar-refractivity contribution in [2.75, 3.05) is 0 Å². The van der Waals surface area contributed by atoms with Gasteiger partial charge in [-0.1, -0.05) is 24.3 Å². The number of carbonyl (C=O) groups excluding carboxylic acids is 1. The summed E-state index contributed by atoms with van der Waals surface area (Å²) in [4.78, 5) is 14.7. The molecule has 4 rings (SSSR count). The first-order chi connectivity index (χ1) is 13.6. The van der Waals surface area contributed by atoms with E-state index in [1.807, 2.05) is 35.0 Å². The van der Waals surface area contributed by atoms with Crippen molar-refractivity contribution in [2.45, 2.75) is 12.6 Å². The molecule has 0 aliphatic carbocycles. The molecule has 28 heavy (non-hydrogen) atoms. The Kier molecular flexibility index (Phi) is 5.47. The molecule has 3 aromatic heterocycles. The minimum absolute atomic E-state index is 0.0334. The van der Waals surface area contributed by atoms with Crippen molar-refractivity contribution in [1.82, 2.24) is 20.1 Å². The van der Waals surface area contributed by atoms with Gasteiger partial charge >= 0.3 is 0 Å². The van der Waals surface area contributed by atoms with E-state index in [4.69, 9.17) is 12.2 Å². The summed E-state index contributed by atoms with van der Waals surface area (Å²) in [7, 11) is 0. The first-order valence-corrected chi connectivity index (χ1v) is 10.6. The number of rotatable bonds is 6. The molecule has 2 N–H and O–H groups in total. The van der Waals surface area contributed by atoms with Gasteiger partial charge in [-0.25, -0.2) is 4.39 Å². The van der Waals surface area contributed by atoms with Gasteiger partial charge in [-0.3, -0.25) is 14.5 Å². The van der Waals surface area contributed by atoms with Crippen LogP contribution in [0.4, 0.5) is 4.39 Å². The van der Waals surface area contributed by atoms with Gasteiger partial charge in [-0.05, 0) is 52.8 Å². The normalized spacial score (nSPS) is 12.0. The van der Waals surface area contributed by atoms with E-state index in [1.54, 1.807) is 16.7 Å². The molecule has 0 saturated heterocycles. The van der Waals surface area contributed by atoms with Crippen LogP contribution in [0.25, 0.3) is 10.7 Å². The van der Waals surface area contributed by atoms with Crippen LogP contribution in [-0.4, -0.2) is 20.7 Å². The van der Waals surface area contributed by atoms with Crippen LogP contribution in [-0.2, 0) is 11.3 Å². The summed E-state index contributed by atoms with van der Waals surface area (Å²) in [5.74, 6) is 0.105. The van der Waals surface area contributed by atoms with Crippen LogP contribution < -0.4 is 5.32 Å². The minimum Gasteiger partial charge on any atom is -0.343 e. The average Bonchev–Trinajstić information content (AvgIpc) is 3.44. The Hall–Kier alpha value is -2.62. The Morgan fingerprint density at radius 2 is 1.93 bits per heavy atom. The van der Waals surface area contributed by atoms with E-state index in [-0.39, 0.29) is 24.3 Å². The predicted molar refractivity (Wildman–Crippen MR) is 111 cm³/mol. The minimum atomic E-state index is -0.362. The molecule has 4 aromatic rings. The molecule has 9 heteroatoms. The molecule has 1 amide bonds. The zero-order valence-electron chi connectivity index (χ0n) is 14.5. The largest absolute Gasteiger partial charge is 0.343 e. The number of carbonyl (C=O) groups is 1. The number of H-pyrrole nitrogens is 1. The van der Waals surface area contributed by atoms with E-state index in [9.17, 15) is 9.18 Å². The summed E-state index contributed by atoms with van der Waals surface area (Å²) in [5, 5.41) is 13.9. The summed E-state index contributed by atoms with van der Waals surface area (Å²) in [6, 6.07) is 13.5. The lowest BCUT2D eigenvalue weighted by molar-refractivity contribution is -0.122. The van der Waals surface area contributed by atoms with Gasteiger partial charge in [0.05, 0.1) is 10.9 Å². The van der Waals surface area contributed by atoms with Crippen molar-refractivity contribution in [3.05, 3.63) is 80.3 Å². The Labute approximate surface area is 173 Å². The number of halogens is 1. The molecule has 1 atom stereocenters. The van der Waals surface area contributed by atoms with Gasteiger partial charge in [0.2, 0.25) is 5.91 Å². The predicted octanol–water partition coefficient (Wildman–Crippen LogP) is 4.78. The first kappa shape index (κ1) is 18.7. The Balaban J connectivity index is 1.59. The van der Waals surface area contributed by atoms with E-state index in [0.29, 0.717) is 10.6 Å². The van der Waals surface area contributed by atoms with Gasteiger partial charge in [-0.15, -0.1) is 22.7 Å². The van der Waals surface area contributed by atoms with Crippen molar-refractivity contribution < 1.29 is 9.18 Å². The van der Waals surface area contributed by atoms with Crippen molar-refractivity contribution in [1.29, 1.82) is 0 Å². The lowest BCUT2D eigenvalue weighted by atomic mass is 10.1. The van der Waals surface area contributed by atoms with Crippen LogP contribution >= 0.6 is 34.9 Å². The second-order valence-electron chi connectivity index (χ2n) is 5.98. The van der Waals surface area contributed by atoms with Crippen LogP contribution in [0.15, 0.2) is 59.3 Å². The molecule has 1 unspecified atom stereocenters. The summed E-state index contributed by atoms with van der Waals surface area (Å²) in [6.45, 7) is 0.0334. The smallest absolute Gasteiger partial charge is 0.240 e. The third-order valence-corrected chi connectivity index (χ3v) is 6.25. The maximum atomic E-state index is 13.3. The fourth-order valence-corrected chi connectivity index (χ4v) is 4.56. The molecular weight excluding hydrogens is 415 g/mol. The number of amides is 1. The molecule has 3 heterocycles. The zero-order valence-corrected chi connectivity index (χ0v) is 16.9. The monoisotopic (exact) mass is 430 g/mol. The highest BCUT2D eigenvalue weighted by Gasteiger charge is 2.20. The van der Waals surface area contributed by atoms with Gasteiger partial charge in [0, 0.05) is 4.88 Å². The fourth-order valence-electron chi connectivity index (χ4n) is 2.84. The van der Waals surface area contributed by atoms with Crippen LogP contribution in [0.1, 0.15) is 16.5 Å². The quantitative estimate of drug-likeness (QED) is 0.433. The third-order valence-electron chi connectivity index (χ3n) is 4.14. The van der Waals surface area contributed by atoms with E-state index < -0.39 is 0 Å². The summed E-state index contributed by atoms with van der Waals surface area (Å²) in [5.41, 5.74) is 0.812. The number of hydrogen-bond donors (Lipinski definition) is 2. The number of nitrogens with zero attached hydrogens (tertiary/aromatic N) is 2. The fraction of sp³-hybridized carbons (Fsp3) is 0.105. The Morgan fingerprint density at radius 1 is 1.18 bits per heavy atom. The molecule has 0 saturated carbocycles. The zero-order chi connectivity index (χ0) is 19.5. The highest BCUT2D eigenvalue weighted by Crippen LogP contribution is 2.27. The number of thiophene rings is 2. The number of nitrogens with one attached hydrogen (secondary N) is 2. The Morgan fingerprint density at radius 3 is 2.61 bits per heavy atom. The summed E-state index contributed by atoms with van der Waals surface area (Å²) in [6.07, 6.45) is 0. The van der Waals surface area contributed by atoms with Gasteiger partial charge < -0.3 is 5.32 Å². The third kappa shape index (κ3) is 3.96. The van der Waals surface area contributed by atoms with Gasteiger partial charge in [0.25, 0.3) is 0 Å². The van der Waals surface area contributed by atoms with Crippen LogP contribution in [0.5, 0.6) is 0 Å². The molecule has 0 fully saturated rings. The van der Waals surface area contributed by atoms with Crippen molar-refractivity contribution >= 4 is 40.8 Å². The van der Waals surface area contributed by atoms with Crippen LogP contribution in [0.2, 0.25) is 0 Å². The maximum Gasteiger partial charge on any atom is 0.240 e. The molecular formula is C19H15FN4OS3. The average molecular weight is 431 g/mol. The van der Waals surface area contributed by atoms with Crippen molar-refractivity contribution in [3.63, 3.8) is 0 Å². The lowest BCUT2D eigenvalue weighted by Crippen LogP contribution is -2.32. The van der Waals surface area contributed by atoms with E-state index >= 15 is 0 Å².